The van der Waals surface area contributed by atoms with Gasteiger partial charge in [0.1, 0.15) is 0 Å². The second-order valence-corrected chi connectivity index (χ2v) is 4.77. The molecule has 1 aromatic carbocycles. The van der Waals surface area contributed by atoms with Crippen LogP contribution in [0.2, 0.25) is 0 Å². The number of carbonyl (C=O) groups is 2. The Morgan fingerprint density at radius 3 is 2.42 bits per heavy atom. The second-order valence-electron chi connectivity index (χ2n) is 4.77. The Kier molecular flexibility index (Phi) is 4.39. The Morgan fingerprint density at radius 1 is 1.21 bits per heavy atom. The van der Waals surface area contributed by atoms with Gasteiger partial charge in [-0.3, -0.25) is 4.79 Å². The summed E-state index contributed by atoms with van der Waals surface area (Å²) in [4.78, 5) is 21.9. The van der Waals surface area contributed by atoms with Gasteiger partial charge in [-0.05, 0) is 30.4 Å². The maximum absolute atomic E-state index is 11.6. The molecule has 2 amide bonds. The summed E-state index contributed by atoms with van der Waals surface area (Å²) in [6.45, 7) is 0.387. The summed E-state index contributed by atoms with van der Waals surface area (Å²) in [5, 5.41) is 14.1. The molecule has 0 saturated carbocycles. The lowest BCUT2D eigenvalue weighted by atomic mass is 10.1. The van der Waals surface area contributed by atoms with E-state index in [1.165, 1.54) is 11.1 Å². The molecule has 19 heavy (non-hydrogen) atoms. The lowest BCUT2D eigenvalue weighted by molar-refractivity contribution is -0.137. The van der Waals surface area contributed by atoms with Crippen molar-refractivity contribution in [1.82, 2.24) is 10.6 Å². The van der Waals surface area contributed by atoms with Crippen LogP contribution in [0.5, 0.6) is 0 Å². The summed E-state index contributed by atoms with van der Waals surface area (Å²) in [7, 11) is 0. The molecule has 1 aromatic rings. The quantitative estimate of drug-likeness (QED) is 0.700. The molecule has 0 bridgehead atoms. The fourth-order valence-corrected chi connectivity index (χ4v) is 2.34. The molecule has 0 heterocycles. The second kappa shape index (κ2) is 6.22. The van der Waals surface area contributed by atoms with Crippen LogP contribution in [0.1, 0.15) is 24.0 Å². The van der Waals surface area contributed by atoms with Gasteiger partial charge in [0.15, 0.2) is 0 Å². The zero-order valence-corrected chi connectivity index (χ0v) is 10.7. The number of aliphatic carboxylic acids is 1. The van der Waals surface area contributed by atoms with E-state index in [0.717, 1.165) is 12.8 Å². The maximum Gasteiger partial charge on any atom is 0.315 e. The smallest absolute Gasteiger partial charge is 0.315 e. The Bertz CT molecular complexity index is 449. The van der Waals surface area contributed by atoms with Gasteiger partial charge in [-0.2, -0.15) is 0 Å². The third kappa shape index (κ3) is 3.98. The van der Waals surface area contributed by atoms with Gasteiger partial charge in [-0.25, -0.2) is 4.79 Å². The van der Waals surface area contributed by atoms with E-state index in [0.29, 0.717) is 13.0 Å². The molecule has 102 valence electrons. The van der Waals surface area contributed by atoms with E-state index >= 15 is 0 Å². The lowest BCUT2D eigenvalue weighted by Gasteiger charge is -2.12. The van der Waals surface area contributed by atoms with Crippen molar-refractivity contribution in [3.8, 4) is 0 Å². The van der Waals surface area contributed by atoms with Crippen molar-refractivity contribution >= 4 is 12.0 Å². The number of benzene rings is 1. The van der Waals surface area contributed by atoms with Crippen molar-refractivity contribution in [3.63, 3.8) is 0 Å². The Hall–Kier alpha value is -2.04. The van der Waals surface area contributed by atoms with E-state index in [-0.39, 0.29) is 18.5 Å². The average Bonchev–Trinajstić information content (AvgIpc) is 2.76. The third-order valence-electron chi connectivity index (χ3n) is 3.24. The van der Waals surface area contributed by atoms with Crippen molar-refractivity contribution in [2.45, 2.75) is 31.7 Å². The van der Waals surface area contributed by atoms with Gasteiger partial charge in [0.05, 0.1) is 0 Å². The van der Waals surface area contributed by atoms with Gasteiger partial charge >= 0.3 is 12.0 Å². The molecule has 3 N–H and O–H groups in total. The first kappa shape index (κ1) is 13.4. The molecule has 0 aliphatic heterocycles. The number of hydrogen-bond acceptors (Lipinski definition) is 2. The molecule has 5 nitrogen and oxygen atoms in total. The lowest BCUT2D eigenvalue weighted by Crippen LogP contribution is -2.42. The van der Waals surface area contributed by atoms with E-state index < -0.39 is 5.97 Å². The van der Waals surface area contributed by atoms with Crippen LogP contribution >= 0.6 is 0 Å². The number of amides is 2. The highest BCUT2D eigenvalue weighted by atomic mass is 16.4. The fourth-order valence-electron chi connectivity index (χ4n) is 2.34. The summed E-state index contributed by atoms with van der Waals surface area (Å²) in [5.74, 6) is -0.839. The van der Waals surface area contributed by atoms with Gasteiger partial charge < -0.3 is 15.7 Å². The number of rotatable bonds is 5. The van der Waals surface area contributed by atoms with E-state index in [4.69, 9.17) is 5.11 Å². The molecular formula is C14H18N2O3. The van der Waals surface area contributed by atoms with Crippen LogP contribution in [-0.4, -0.2) is 29.7 Å². The summed E-state index contributed by atoms with van der Waals surface area (Å²) >= 11 is 0. The minimum absolute atomic E-state index is 0.0785. The van der Waals surface area contributed by atoms with Gasteiger partial charge in [0.25, 0.3) is 0 Å². The molecule has 1 aliphatic carbocycles. The monoisotopic (exact) mass is 262 g/mol. The number of carboxylic acid groups (broad SMARTS) is 1. The zero-order valence-electron chi connectivity index (χ0n) is 10.7. The van der Waals surface area contributed by atoms with Crippen molar-refractivity contribution in [2.75, 3.05) is 6.54 Å². The normalized spacial score (nSPS) is 13.9. The van der Waals surface area contributed by atoms with Crippen LogP contribution in [0.4, 0.5) is 4.79 Å². The zero-order chi connectivity index (χ0) is 13.7. The Morgan fingerprint density at radius 2 is 1.84 bits per heavy atom. The predicted molar refractivity (Wildman–Crippen MR) is 71.0 cm³/mol. The van der Waals surface area contributed by atoms with Gasteiger partial charge in [-0.15, -0.1) is 0 Å². The van der Waals surface area contributed by atoms with Crippen molar-refractivity contribution < 1.29 is 14.7 Å². The van der Waals surface area contributed by atoms with Gasteiger partial charge in [-0.1, -0.05) is 24.3 Å². The first-order valence-electron chi connectivity index (χ1n) is 6.48. The highest BCUT2D eigenvalue weighted by molar-refractivity contribution is 5.74. The minimum atomic E-state index is -0.839. The molecule has 5 heteroatoms. The highest BCUT2D eigenvalue weighted by Gasteiger charge is 2.21. The van der Waals surface area contributed by atoms with Crippen LogP contribution in [0.3, 0.4) is 0 Å². The minimum Gasteiger partial charge on any atom is -0.481 e. The van der Waals surface area contributed by atoms with Crippen molar-refractivity contribution in [2.24, 2.45) is 0 Å². The van der Waals surface area contributed by atoms with E-state index in [1.54, 1.807) is 0 Å². The number of carbonyl (C=O) groups excluding carboxylic acids is 1. The molecule has 0 aromatic heterocycles. The number of urea groups is 1. The predicted octanol–water partition coefficient (Wildman–Crippen LogP) is 1.32. The number of hydrogen-bond donors (Lipinski definition) is 3. The molecule has 0 saturated heterocycles. The summed E-state index contributed by atoms with van der Waals surface area (Å²) in [6.07, 6.45) is 2.25. The van der Waals surface area contributed by atoms with Crippen LogP contribution in [0, 0.1) is 0 Å². The first-order chi connectivity index (χ1) is 9.15. The summed E-state index contributed by atoms with van der Waals surface area (Å²) < 4.78 is 0. The van der Waals surface area contributed by atoms with Crippen LogP contribution < -0.4 is 10.6 Å². The molecule has 1 aliphatic rings. The number of fused-ring (bicyclic) bond motifs is 1. The van der Waals surface area contributed by atoms with Crippen LogP contribution in [0.25, 0.3) is 0 Å². The van der Waals surface area contributed by atoms with Gasteiger partial charge in [0, 0.05) is 19.0 Å². The molecular weight excluding hydrogens is 244 g/mol. The van der Waals surface area contributed by atoms with Crippen LogP contribution in [-0.2, 0) is 17.6 Å². The van der Waals surface area contributed by atoms with E-state index in [1.807, 2.05) is 12.1 Å². The summed E-state index contributed by atoms with van der Waals surface area (Å²) in [5.41, 5.74) is 2.58. The molecule has 0 radical (unpaired) electrons. The first-order valence-corrected chi connectivity index (χ1v) is 6.48. The number of nitrogens with one attached hydrogen (secondary N) is 2. The molecule has 2 rings (SSSR count). The Balaban J connectivity index is 1.69. The van der Waals surface area contributed by atoms with Crippen molar-refractivity contribution in [1.29, 1.82) is 0 Å². The largest absolute Gasteiger partial charge is 0.481 e. The van der Waals surface area contributed by atoms with E-state index in [2.05, 4.69) is 22.8 Å². The summed E-state index contributed by atoms with van der Waals surface area (Å²) in [6, 6.07) is 8.10. The molecule has 0 atom stereocenters. The highest BCUT2D eigenvalue weighted by Crippen LogP contribution is 2.21. The SMILES string of the molecule is O=C(O)CCCNC(=O)NC1Cc2ccccc2C1. The number of carboxylic acids is 1. The topological polar surface area (TPSA) is 78.4 Å². The molecule has 0 fully saturated rings. The standard InChI is InChI=1S/C14H18N2O3/c17-13(18)6-3-7-15-14(19)16-12-8-10-4-1-2-5-11(10)9-12/h1-2,4-5,12H,3,6-9H2,(H,17,18)(H2,15,16,19). The van der Waals surface area contributed by atoms with Crippen molar-refractivity contribution in [3.05, 3.63) is 35.4 Å². The average molecular weight is 262 g/mol. The van der Waals surface area contributed by atoms with E-state index in [9.17, 15) is 9.59 Å². The van der Waals surface area contributed by atoms with Gasteiger partial charge in [0.2, 0.25) is 0 Å². The Labute approximate surface area is 112 Å². The fraction of sp³-hybridized carbons (Fsp3) is 0.429. The molecule has 0 spiro atoms. The van der Waals surface area contributed by atoms with Crippen LogP contribution in [0.15, 0.2) is 24.3 Å². The molecule has 0 unspecified atom stereocenters. The maximum atomic E-state index is 11.6. The third-order valence-corrected chi connectivity index (χ3v) is 3.24.